The summed E-state index contributed by atoms with van der Waals surface area (Å²) in [5, 5.41) is 8.94. The lowest BCUT2D eigenvalue weighted by Gasteiger charge is -2.12. The molecule has 0 fully saturated rings. The lowest BCUT2D eigenvalue weighted by atomic mass is 10.0. The minimum atomic E-state index is -0.971. The molecular formula is C18H19BrO4. The average molecular weight is 379 g/mol. The summed E-state index contributed by atoms with van der Waals surface area (Å²) in [6.45, 7) is 4.99. The highest BCUT2D eigenvalue weighted by atomic mass is 79.9. The second-order valence-corrected chi connectivity index (χ2v) is 6.23. The molecule has 2 aromatic rings. The largest absolute Gasteiger partial charge is 0.490 e. The van der Waals surface area contributed by atoms with Crippen LogP contribution in [-0.4, -0.2) is 24.3 Å². The van der Waals surface area contributed by atoms with Crippen molar-refractivity contribution in [2.24, 2.45) is 0 Å². The van der Waals surface area contributed by atoms with Gasteiger partial charge >= 0.3 is 5.97 Å². The van der Waals surface area contributed by atoms with Gasteiger partial charge in [-0.25, -0.2) is 4.79 Å². The quantitative estimate of drug-likeness (QED) is 0.707. The maximum Gasteiger partial charge on any atom is 0.335 e. The van der Waals surface area contributed by atoms with E-state index in [1.54, 1.807) is 12.1 Å². The maximum absolute atomic E-state index is 10.9. The predicted molar refractivity (Wildman–Crippen MR) is 92.6 cm³/mol. The number of rotatable bonds is 7. The normalized spacial score (nSPS) is 10.6. The van der Waals surface area contributed by atoms with Gasteiger partial charge in [0.2, 0.25) is 0 Å². The van der Waals surface area contributed by atoms with Gasteiger partial charge in [0.1, 0.15) is 24.7 Å². The molecule has 0 heterocycles. The summed E-state index contributed by atoms with van der Waals surface area (Å²) in [7, 11) is 0. The molecule has 4 nitrogen and oxygen atoms in total. The van der Waals surface area contributed by atoms with Crippen LogP contribution in [0.15, 0.2) is 46.9 Å². The molecule has 0 aliphatic carbocycles. The molecule has 0 saturated carbocycles. The SMILES string of the molecule is CC(C)c1ccc(OCCOc2cccc(C(=O)O)c2)c(Br)c1. The first-order valence-electron chi connectivity index (χ1n) is 7.36. The van der Waals surface area contributed by atoms with Crippen molar-refractivity contribution in [3.63, 3.8) is 0 Å². The topological polar surface area (TPSA) is 55.8 Å². The molecule has 2 aromatic carbocycles. The van der Waals surface area contributed by atoms with E-state index >= 15 is 0 Å². The third-order valence-electron chi connectivity index (χ3n) is 3.31. The fourth-order valence-electron chi connectivity index (χ4n) is 2.02. The first-order valence-corrected chi connectivity index (χ1v) is 8.15. The second-order valence-electron chi connectivity index (χ2n) is 5.37. The highest BCUT2D eigenvalue weighted by Gasteiger charge is 2.06. The molecule has 0 saturated heterocycles. The van der Waals surface area contributed by atoms with Crippen molar-refractivity contribution in [2.75, 3.05) is 13.2 Å². The molecule has 0 amide bonds. The molecule has 1 N–H and O–H groups in total. The zero-order valence-electron chi connectivity index (χ0n) is 13.1. The fourth-order valence-corrected chi connectivity index (χ4v) is 2.53. The number of hydrogen-bond donors (Lipinski definition) is 1. The Hall–Kier alpha value is -2.01. The van der Waals surface area contributed by atoms with Gasteiger partial charge in [-0.2, -0.15) is 0 Å². The summed E-state index contributed by atoms with van der Waals surface area (Å²) in [6, 6.07) is 12.4. The minimum absolute atomic E-state index is 0.204. The van der Waals surface area contributed by atoms with Gasteiger partial charge in [0.25, 0.3) is 0 Å². The lowest BCUT2D eigenvalue weighted by Crippen LogP contribution is -2.09. The molecule has 2 rings (SSSR count). The monoisotopic (exact) mass is 378 g/mol. The van der Waals surface area contributed by atoms with Crippen LogP contribution < -0.4 is 9.47 Å². The van der Waals surface area contributed by atoms with Crippen molar-refractivity contribution in [1.82, 2.24) is 0 Å². The number of hydrogen-bond acceptors (Lipinski definition) is 3. The van der Waals surface area contributed by atoms with Crippen LogP contribution in [0.5, 0.6) is 11.5 Å². The molecule has 0 aliphatic rings. The zero-order chi connectivity index (χ0) is 16.8. The van der Waals surface area contributed by atoms with Crippen LogP contribution in [0.3, 0.4) is 0 Å². The molecule has 0 radical (unpaired) electrons. The van der Waals surface area contributed by atoms with Gasteiger partial charge in [0, 0.05) is 0 Å². The zero-order valence-corrected chi connectivity index (χ0v) is 14.7. The molecular weight excluding hydrogens is 360 g/mol. The van der Waals surface area contributed by atoms with Gasteiger partial charge in [-0.15, -0.1) is 0 Å². The molecule has 0 bridgehead atoms. The number of benzene rings is 2. The van der Waals surface area contributed by atoms with E-state index < -0.39 is 5.97 Å². The van der Waals surface area contributed by atoms with Gasteiger partial charge in [-0.05, 0) is 57.7 Å². The number of carbonyl (C=O) groups is 1. The summed E-state index contributed by atoms with van der Waals surface area (Å²) in [6.07, 6.45) is 0. The summed E-state index contributed by atoms with van der Waals surface area (Å²) in [5.41, 5.74) is 1.45. The van der Waals surface area contributed by atoms with Crippen LogP contribution >= 0.6 is 15.9 Å². The van der Waals surface area contributed by atoms with Crippen LogP contribution in [0, 0.1) is 0 Å². The smallest absolute Gasteiger partial charge is 0.335 e. The Bertz CT molecular complexity index is 682. The molecule has 0 atom stereocenters. The molecule has 0 aliphatic heterocycles. The number of aromatic carboxylic acids is 1. The van der Waals surface area contributed by atoms with Gasteiger partial charge in [-0.3, -0.25) is 0 Å². The van der Waals surface area contributed by atoms with E-state index in [0.717, 1.165) is 10.2 Å². The first kappa shape index (κ1) is 17.3. The number of carboxylic acid groups (broad SMARTS) is 1. The molecule has 0 unspecified atom stereocenters. The molecule has 122 valence electrons. The number of carboxylic acids is 1. The molecule has 0 spiro atoms. The number of halogens is 1. The van der Waals surface area contributed by atoms with Crippen molar-refractivity contribution in [3.8, 4) is 11.5 Å². The van der Waals surface area contributed by atoms with Gasteiger partial charge in [0.05, 0.1) is 10.0 Å². The Morgan fingerprint density at radius 3 is 2.52 bits per heavy atom. The van der Waals surface area contributed by atoms with Crippen LogP contribution in [0.2, 0.25) is 0 Å². The Morgan fingerprint density at radius 2 is 1.87 bits per heavy atom. The van der Waals surface area contributed by atoms with Crippen molar-refractivity contribution in [2.45, 2.75) is 19.8 Å². The Balaban J connectivity index is 1.86. The summed E-state index contributed by atoms with van der Waals surface area (Å²) < 4.78 is 12.1. The van der Waals surface area contributed by atoms with Gasteiger partial charge < -0.3 is 14.6 Å². The summed E-state index contributed by atoms with van der Waals surface area (Å²) in [5.74, 6) is 0.770. The molecule has 23 heavy (non-hydrogen) atoms. The van der Waals surface area contributed by atoms with Crippen LogP contribution in [0.4, 0.5) is 0 Å². The third-order valence-corrected chi connectivity index (χ3v) is 3.93. The van der Waals surface area contributed by atoms with Crippen molar-refractivity contribution >= 4 is 21.9 Å². The standard InChI is InChI=1S/C18H19BrO4/c1-12(2)13-6-7-17(16(19)11-13)23-9-8-22-15-5-3-4-14(10-15)18(20)21/h3-7,10-12H,8-9H2,1-2H3,(H,20,21). The van der Waals surface area contributed by atoms with Gasteiger partial charge in [-0.1, -0.05) is 26.0 Å². The fraction of sp³-hybridized carbons (Fsp3) is 0.278. The van der Waals surface area contributed by atoms with Crippen LogP contribution in [0.25, 0.3) is 0 Å². The van der Waals surface area contributed by atoms with Crippen molar-refractivity contribution in [1.29, 1.82) is 0 Å². The maximum atomic E-state index is 10.9. The molecule has 5 heteroatoms. The first-order chi connectivity index (χ1) is 11.0. The average Bonchev–Trinajstić information content (AvgIpc) is 2.52. The van der Waals surface area contributed by atoms with Crippen molar-refractivity contribution < 1.29 is 19.4 Å². The summed E-state index contributed by atoms with van der Waals surface area (Å²) >= 11 is 3.51. The summed E-state index contributed by atoms with van der Waals surface area (Å²) in [4.78, 5) is 10.9. The minimum Gasteiger partial charge on any atom is -0.490 e. The number of ether oxygens (including phenoxy) is 2. The van der Waals surface area contributed by atoms with Gasteiger partial charge in [0.15, 0.2) is 0 Å². The van der Waals surface area contributed by atoms with E-state index in [1.165, 1.54) is 17.7 Å². The Labute approximate surface area is 144 Å². The Morgan fingerprint density at radius 1 is 1.13 bits per heavy atom. The van der Waals surface area contributed by atoms with E-state index in [4.69, 9.17) is 14.6 Å². The Kier molecular flexibility index (Phi) is 6.04. The highest BCUT2D eigenvalue weighted by Crippen LogP contribution is 2.28. The van der Waals surface area contributed by atoms with Crippen LogP contribution in [0.1, 0.15) is 35.7 Å². The van der Waals surface area contributed by atoms with E-state index in [1.807, 2.05) is 12.1 Å². The second kappa shape index (κ2) is 8.02. The van der Waals surface area contributed by atoms with E-state index in [9.17, 15) is 4.79 Å². The highest BCUT2D eigenvalue weighted by molar-refractivity contribution is 9.10. The molecule has 0 aromatic heterocycles. The van der Waals surface area contributed by atoms with E-state index in [2.05, 4.69) is 35.8 Å². The van der Waals surface area contributed by atoms with E-state index in [-0.39, 0.29) is 5.56 Å². The lowest BCUT2D eigenvalue weighted by molar-refractivity contribution is 0.0696. The van der Waals surface area contributed by atoms with Crippen molar-refractivity contribution in [3.05, 3.63) is 58.1 Å². The predicted octanol–water partition coefficient (Wildman–Crippen LogP) is 4.73. The van der Waals surface area contributed by atoms with E-state index in [0.29, 0.717) is 24.9 Å². The third kappa shape index (κ3) is 4.99. The van der Waals surface area contributed by atoms with Crippen LogP contribution in [-0.2, 0) is 0 Å².